The van der Waals surface area contributed by atoms with Gasteiger partial charge in [-0.25, -0.2) is 4.79 Å². The van der Waals surface area contributed by atoms with Crippen molar-refractivity contribution in [2.24, 2.45) is 5.41 Å². The van der Waals surface area contributed by atoms with Crippen LogP contribution < -0.4 is 14.2 Å². The molecule has 0 heterocycles. The zero-order chi connectivity index (χ0) is 24.3. The van der Waals surface area contributed by atoms with Crippen molar-refractivity contribution >= 4 is 11.8 Å². The van der Waals surface area contributed by atoms with Crippen molar-refractivity contribution in [2.45, 2.75) is 31.8 Å². The van der Waals surface area contributed by atoms with Crippen LogP contribution in [0.5, 0.6) is 17.2 Å². The van der Waals surface area contributed by atoms with Gasteiger partial charge in [-0.3, -0.25) is 4.79 Å². The number of carboxylic acids is 1. The first-order chi connectivity index (χ1) is 16.5. The van der Waals surface area contributed by atoms with Gasteiger partial charge in [0.15, 0.2) is 23.4 Å². The highest BCUT2D eigenvalue weighted by Gasteiger charge is 2.54. The molecule has 1 atom stereocenters. The minimum Gasteiger partial charge on any atom is -0.493 e. The van der Waals surface area contributed by atoms with E-state index in [1.54, 1.807) is 20.3 Å². The summed E-state index contributed by atoms with van der Waals surface area (Å²) in [5.74, 6) is 0.497. The van der Waals surface area contributed by atoms with Crippen LogP contribution in [0.25, 0.3) is 11.1 Å². The molecule has 1 N–H and O–H groups in total. The van der Waals surface area contributed by atoms with E-state index < -0.39 is 17.5 Å². The van der Waals surface area contributed by atoms with E-state index in [4.69, 9.17) is 23.7 Å². The van der Waals surface area contributed by atoms with E-state index in [2.05, 4.69) is 0 Å². The van der Waals surface area contributed by atoms with Gasteiger partial charge in [-0.15, -0.1) is 0 Å². The average Bonchev–Trinajstić information content (AvgIpc) is 3.53. The Hall–Kier alpha value is -3.10. The number of hydrogen-bond acceptors (Lipinski definition) is 7. The summed E-state index contributed by atoms with van der Waals surface area (Å²) in [6.07, 6.45) is 1.50. The molecule has 0 aliphatic heterocycles. The number of Topliss-reactive ketones (excluding diaryl/α,β-unsaturated/α-hetero) is 1. The van der Waals surface area contributed by atoms with Gasteiger partial charge in [0, 0.05) is 30.1 Å². The summed E-state index contributed by atoms with van der Waals surface area (Å²) in [6, 6.07) is 9.37. The molecule has 2 aromatic rings. The van der Waals surface area contributed by atoms with Gasteiger partial charge < -0.3 is 28.8 Å². The maximum atomic E-state index is 12.3. The Kier molecular flexibility index (Phi) is 7.09. The lowest BCUT2D eigenvalue weighted by molar-refractivity contribution is -0.158. The molecule has 1 fully saturated rings. The molecule has 2 aliphatic carbocycles. The largest absolute Gasteiger partial charge is 0.493 e. The minimum atomic E-state index is -1.02. The number of carboxylic acid groups (broad SMARTS) is 1. The predicted molar refractivity (Wildman–Crippen MR) is 124 cm³/mol. The molecule has 0 spiro atoms. The number of hydrogen-bond donors (Lipinski definition) is 1. The maximum Gasteiger partial charge on any atom is 0.333 e. The molecule has 0 amide bonds. The van der Waals surface area contributed by atoms with Crippen LogP contribution in [0.4, 0.5) is 0 Å². The molecular formula is C26H30O8. The Bertz CT molecular complexity index is 1070. The third kappa shape index (κ3) is 4.48. The smallest absolute Gasteiger partial charge is 0.333 e. The Morgan fingerprint density at radius 3 is 2.38 bits per heavy atom. The molecule has 34 heavy (non-hydrogen) atoms. The van der Waals surface area contributed by atoms with Crippen LogP contribution in [0.1, 0.15) is 35.2 Å². The summed E-state index contributed by atoms with van der Waals surface area (Å²) < 4.78 is 28.1. The third-order valence-corrected chi connectivity index (χ3v) is 6.62. The lowest BCUT2D eigenvalue weighted by Crippen LogP contribution is -2.38. The first-order valence-corrected chi connectivity index (χ1v) is 11.3. The zero-order valence-corrected chi connectivity index (χ0v) is 19.7. The van der Waals surface area contributed by atoms with Crippen LogP contribution in [0.3, 0.4) is 0 Å². The predicted octanol–water partition coefficient (Wildman–Crippen LogP) is 3.77. The molecule has 0 radical (unpaired) electrons. The maximum absolute atomic E-state index is 12.3. The molecule has 0 bridgehead atoms. The summed E-state index contributed by atoms with van der Waals surface area (Å²) in [4.78, 5) is 24.3. The summed E-state index contributed by atoms with van der Waals surface area (Å²) in [5, 5.41) is 9.79. The van der Waals surface area contributed by atoms with Crippen LogP contribution in [0.15, 0.2) is 30.3 Å². The van der Waals surface area contributed by atoms with Crippen LogP contribution >= 0.6 is 0 Å². The standard InChI is InChI=1S/C26H30O8/c1-30-13-14-33-24(25(28)29)26(11-12-26)15-34-22-19(8-10-21(31-2)23(22)32-3)16-5-4-6-18-17(16)7-9-20(18)27/h4-6,8,10,24H,7,9,11-15H2,1-3H3,(H,28,29). The molecular weight excluding hydrogens is 440 g/mol. The minimum absolute atomic E-state index is 0.134. The fourth-order valence-electron chi connectivity index (χ4n) is 4.61. The number of ketones is 1. The average molecular weight is 471 g/mol. The Morgan fingerprint density at radius 1 is 0.971 bits per heavy atom. The number of ether oxygens (including phenoxy) is 5. The molecule has 4 rings (SSSR count). The molecule has 182 valence electrons. The van der Waals surface area contributed by atoms with Crippen molar-refractivity contribution in [1.29, 1.82) is 0 Å². The molecule has 1 unspecified atom stereocenters. The second-order valence-electron chi connectivity index (χ2n) is 8.67. The number of fused-ring (bicyclic) bond motifs is 1. The Balaban J connectivity index is 1.69. The van der Waals surface area contributed by atoms with Gasteiger partial charge in [0.1, 0.15) is 0 Å². The third-order valence-electron chi connectivity index (χ3n) is 6.62. The SMILES string of the molecule is COCCOC(C(=O)O)C1(COc2c(-c3cccc4c3CCC4=O)ccc(OC)c2OC)CC1. The van der Waals surface area contributed by atoms with Crippen molar-refractivity contribution in [2.75, 3.05) is 41.2 Å². The second kappa shape index (κ2) is 10.0. The fraction of sp³-hybridized carbons (Fsp3) is 0.462. The number of carbonyl (C=O) groups is 2. The lowest BCUT2D eigenvalue weighted by Gasteiger charge is -2.26. The van der Waals surface area contributed by atoms with Crippen LogP contribution in [-0.2, 0) is 20.7 Å². The zero-order valence-electron chi connectivity index (χ0n) is 19.7. The van der Waals surface area contributed by atoms with Crippen LogP contribution in [0, 0.1) is 5.41 Å². The molecule has 0 saturated heterocycles. The van der Waals surface area contributed by atoms with Gasteiger partial charge in [-0.05, 0) is 42.5 Å². The number of rotatable bonds is 12. The van der Waals surface area contributed by atoms with E-state index in [-0.39, 0.29) is 19.0 Å². The van der Waals surface area contributed by atoms with E-state index in [1.165, 1.54) is 7.11 Å². The van der Waals surface area contributed by atoms with Crippen LogP contribution in [0.2, 0.25) is 0 Å². The topological polar surface area (TPSA) is 101 Å². The summed E-state index contributed by atoms with van der Waals surface area (Å²) >= 11 is 0. The molecule has 0 aromatic heterocycles. The summed E-state index contributed by atoms with van der Waals surface area (Å²) in [6.45, 7) is 0.640. The van der Waals surface area contributed by atoms with E-state index >= 15 is 0 Å². The molecule has 2 aromatic carbocycles. The normalized spacial score (nSPS) is 16.6. The van der Waals surface area contributed by atoms with Gasteiger partial charge in [0.2, 0.25) is 5.75 Å². The monoisotopic (exact) mass is 470 g/mol. The van der Waals surface area contributed by atoms with E-state index in [0.717, 1.165) is 22.3 Å². The summed E-state index contributed by atoms with van der Waals surface area (Å²) in [5.41, 5.74) is 2.74. The molecule has 2 aliphatic rings. The Morgan fingerprint density at radius 2 is 1.74 bits per heavy atom. The summed E-state index contributed by atoms with van der Waals surface area (Å²) in [7, 11) is 4.63. The van der Waals surface area contributed by atoms with Gasteiger partial charge >= 0.3 is 5.97 Å². The highest BCUT2D eigenvalue weighted by Crippen LogP contribution is 2.52. The molecule has 1 saturated carbocycles. The van der Waals surface area contributed by atoms with E-state index in [0.29, 0.717) is 49.5 Å². The highest BCUT2D eigenvalue weighted by atomic mass is 16.6. The van der Waals surface area contributed by atoms with Crippen molar-refractivity contribution in [3.63, 3.8) is 0 Å². The number of methoxy groups -OCH3 is 3. The van der Waals surface area contributed by atoms with E-state index in [1.807, 2.05) is 24.3 Å². The number of carbonyl (C=O) groups excluding carboxylic acids is 1. The van der Waals surface area contributed by atoms with E-state index in [9.17, 15) is 14.7 Å². The fourth-order valence-corrected chi connectivity index (χ4v) is 4.61. The van der Waals surface area contributed by atoms with Crippen molar-refractivity contribution in [3.8, 4) is 28.4 Å². The van der Waals surface area contributed by atoms with Gasteiger partial charge in [0.25, 0.3) is 0 Å². The number of aliphatic carboxylic acids is 1. The van der Waals surface area contributed by atoms with Crippen molar-refractivity contribution < 1.29 is 38.4 Å². The quantitative estimate of drug-likeness (QED) is 0.468. The van der Waals surface area contributed by atoms with Crippen LogP contribution in [-0.4, -0.2) is 64.1 Å². The first-order valence-electron chi connectivity index (χ1n) is 11.3. The molecule has 8 heteroatoms. The molecule has 8 nitrogen and oxygen atoms in total. The van der Waals surface area contributed by atoms with Gasteiger partial charge in [-0.2, -0.15) is 0 Å². The lowest BCUT2D eigenvalue weighted by atomic mass is 9.95. The number of benzene rings is 2. The Labute approximate surface area is 198 Å². The van der Waals surface area contributed by atoms with Gasteiger partial charge in [-0.1, -0.05) is 18.2 Å². The second-order valence-corrected chi connectivity index (χ2v) is 8.67. The van der Waals surface area contributed by atoms with Crippen molar-refractivity contribution in [3.05, 3.63) is 41.5 Å². The highest BCUT2D eigenvalue weighted by molar-refractivity contribution is 6.02. The van der Waals surface area contributed by atoms with Crippen molar-refractivity contribution in [1.82, 2.24) is 0 Å². The van der Waals surface area contributed by atoms with Gasteiger partial charge in [0.05, 0.1) is 34.0 Å². The first kappa shape index (κ1) is 24.0.